The summed E-state index contributed by atoms with van der Waals surface area (Å²) in [6.45, 7) is 4.30. The molecule has 20 heavy (non-hydrogen) atoms. The molecule has 0 spiro atoms. The smallest absolute Gasteiger partial charge is 0.231 e. The summed E-state index contributed by atoms with van der Waals surface area (Å²) in [6.07, 6.45) is 6.40. The number of nitrogens with two attached hydrogens (primary N) is 1. The molecule has 0 unspecified atom stereocenters. The van der Waals surface area contributed by atoms with Gasteiger partial charge in [-0.05, 0) is 38.8 Å². The van der Waals surface area contributed by atoms with Crippen molar-refractivity contribution in [2.24, 2.45) is 11.1 Å². The maximum atomic E-state index is 12.7. The molecular weight excluding hydrogens is 250 g/mol. The number of amides is 1. The first kappa shape index (κ1) is 15.0. The lowest BCUT2D eigenvalue weighted by Crippen LogP contribution is -2.42. The van der Waals surface area contributed by atoms with E-state index in [1.807, 2.05) is 26.0 Å². The van der Waals surface area contributed by atoms with Crippen molar-refractivity contribution >= 4 is 11.6 Å². The molecule has 4 heteroatoms. The first-order chi connectivity index (χ1) is 9.57. The number of rotatable bonds is 3. The van der Waals surface area contributed by atoms with E-state index in [4.69, 9.17) is 5.73 Å². The number of aryl methyl sites for hydroxylation is 2. The van der Waals surface area contributed by atoms with Gasteiger partial charge in [-0.3, -0.25) is 9.78 Å². The quantitative estimate of drug-likeness (QED) is 0.833. The minimum absolute atomic E-state index is 0.0654. The van der Waals surface area contributed by atoms with Gasteiger partial charge >= 0.3 is 0 Å². The third kappa shape index (κ3) is 3.18. The van der Waals surface area contributed by atoms with E-state index in [-0.39, 0.29) is 5.91 Å². The molecule has 1 aromatic heterocycles. The zero-order valence-corrected chi connectivity index (χ0v) is 12.5. The molecule has 1 aliphatic carbocycles. The summed E-state index contributed by atoms with van der Waals surface area (Å²) in [6, 6.07) is 3.85. The van der Waals surface area contributed by atoms with E-state index in [9.17, 15) is 4.79 Å². The summed E-state index contributed by atoms with van der Waals surface area (Å²) in [4.78, 5) is 17.1. The largest absolute Gasteiger partial charge is 0.329 e. The molecule has 110 valence electrons. The molecule has 0 saturated heterocycles. The second kappa shape index (κ2) is 6.35. The monoisotopic (exact) mass is 275 g/mol. The number of anilines is 1. The lowest BCUT2D eigenvalue weighted by atomic mass is 9.79. The average Bonchev–Trinajstić information content (AvgIpc) is 2.68. The molecule has 4 nitrogen and oxygen atoms in total. The van der Waals surface area contributed by atoms with Crippen molar-refractivity contribution < 1.29 is 4.79 Å². The van der Waals surface area contributed by atoms with E-state index in [2.05, 4.69) is 10.3 Å². The lowest BCUT2D eigenvalue weighted by Gasteiger charge is -2.30. The van der Waals surface area contributed by atoms with Gasteiger partial charge in [0.25, 0.3) is 0 Å². The van der Waals surface area contributed by atoms with Gasteiger partial charge in [-0.1, -0.05) is 25.7 Å². The van der Waals surface area contributed by atoms with E-state index in [1.54, 1.807) is 0 Å². The molecule has 0 radical (unpaired) electrons. The Kier molecular flexibility index (Phi) is 4.76. The maximum absolute atomic E-state index is 12.7. The van der Waals surface area contributed by atoms with Gasteiger partial charge in [0.05, 0.1) is 16.8 Å². The average molecular weight is 275 g/mol. The van der Waals surface area contributed by atoms with Gasteiger partial charge < -0.3 is 11.1 Å². The SMILES string of the molecule is Cc1ccc(NC(=O)C2(CN)CCCCCC2)c(C)n1. The molecule has 1 aromatic rings. The number of carbonyl (C=O) groups excluding carboxylic acids is 1. The number of hydrogen-bond acceptors (Lipinski definition) is 3. The van der Waals surface area contributed by atoms with E-state index in [0.717, 1.165) is 42.8 Å². The van der Waals surface area contributed by atoms with Crippen LogP contribution in [0.3, 0.4) is 0 Å². The van der Waals surface area contributed by atoms with E-state index < -0.39 is 5.41 Å². The highest BCUT2D eigenvalue weighted by molar-refractivity contribution is 5.96. The standard InChI is InChI=1S/C16H25N3O/c1-12-7-8-14(13(2)18-12)19-15(20)16(11-17)9-5-3-4-6-10-16/h7-8H,3-6,9-11,17H2,1-2H3,(H,19,20). The number of nitrogens with one attached hydrogen (secondary N) is 1. The van der Waals surface area contributed by atoms with Gasteiger partial charge in [-0.25, -0.2) is 0 Å². The number of nitrogens with zero attached hydrogens (tertiary/aromatic N) is 1. The molecule has 2 rings (SSSR count). The molecule has 1 fully saturated rings. The summed E-state index contributed by atoms with van der Waals surface area (Å²) >= 11 is 0. The summed E-state index contributed by atoms with van der Waals surface area (Å²) in [7, 11) is 0. The van der Waals surface area contributed by atoms with Crippen molar-refractivity contribution in [1.82, 2.24) is 4.98 Å². The Labute approximate surface area is 121 Å². The Morgan fingerprint density at radius 3 is 2.45 bits per heavy atom. The van der Waals surface area contributed by atoms with Crippen LogP contribution in [0, 0.1) is 19.3 Å². The van der Waals surface area contributed by atoms with Crippen LogP contribution in [0.4, 0.5) is 5.69 Å². The highest BCUT2D eigenvalue weighted by Gasteiger charge is 2.37. The van der Waals surface area contributed by atoms with Crippen molar-refractivity contribution in [3.05, 3.63) is 23.5 Å². The topological polar surface area (TPSA) is 68.0 Å². The molecule has 3 N–H and O–H groups in total. The highest BCUT2D eigenvalue weighted by atomic mass is 16.2. The number of aromatic nitrogens is 1. The third-order valence-corrected chi connectivity index (χ3v) is 4.41. The van der Waals surface area contributed by atoms with Gasteiger partial charge in [-0.15, -0.1) is 0 Å². The minimum atomic E-state index is -0.395. The zero-order chi connectivity index (χ0) is 14.6. The highest BCUT2D eigenvalue weighted by Crippen LogP contribution is 2.35. The third-order valence-electron chi connectivity index (χ3n) is 4.41. The fourth-order valence-electron chi connectivity index (χ4n) is 3.00. The molecule has 0 atom stereocenters. The van der Waals surface area contributed by atoms with Crippen molar-refractivity contribution in [1.29, 1.82) is 0 Å². The van der Waals surface area contributed by atoms with Crippen LogP contribution in [0.2, 0.25) is 0 Å². The zero-order valence-electron chi connectivity index (χ0n) is 12.5. The Balaban J connectivity index is 2.16. The Bertz CT molecular complexity index is 477. The Hall–Kier alpha value is -1.42. The van der Waals surface area contributed by atoms with Crippen molar-refractivity contribution in [2.45, 2.75) is 52.4 Å². The molecule has 0 aliphatic heterocycles. The first-order valence-corrected chi connectivity index (χ1v) is 7.53. The maximum Gasteiger partial charge on any atom is 0.231 e. The second-order valence-corrected chi connectivity index (χ2v) is 5.94. The van der Waals surface area contributed by atoms with Gasteiger partial charge in [0.1, 0.15) is 0 Å². The van der Waals surface area contributed by atoms with Crippen LogP contribution in [0.5, 0.6) is 0 Å². The van der Waals surface area contributed by atoms with Crippen LogP contribution in [0.15, 0.2) is 12.1 Å². The fraction of sp³-hybridized carbons (Fsp3) is 0.625. The van der Waals surface area contributed by atoms with Crippen LogP contribution < -0.4 is 11.1 Å². The minimum Gasteiger partial charge on any atom is -0.329 e. The number of hydrogen-bond donors (Lipinski definition) is 2. The number of pyridine rings is 1. The molecule has 0 aromatic carbocycles. The summed E-state index contributed by atoms with van der Waals surface area (Å²) in [5.41, 5.74) is 8.18. The normalized spacial score (nSPS) is 18.4. The first-order valence-electron chi connectivity index (χ1n) is 7.53. The fourth-order valence-corrected chi connectivity index (χ4v) is 3.00. The summed E-state index contributed by atoms with van der Waals surface area (Å²) in [5, 5.41) is 3.05. The molecule has 1 saturated carbocycles. The van der Waals surface area contributed by atoms with Crippen molar-refractivity contribution in [3.63, 3.8) is 0 Å². The molecule has 1 amide bonds. The van der Waals surface area contributed by atoms with Crippen molar-refractivity contribution in [3.8, 4) is 0 Å². The summed E-state index contributed by atoms with van der Waals surface area (Å²) < 4.78 is 0. The number of carbonyl (C=O) groups is 1. The van der Waals surface area contributed by atoms with E-state index in [0.29, 0.717) is 6.54 Å². The van der Waals surface area contributed by atoms with Gasteiger partial charge in [-0.2, -0.15) is 0 Å². The molecular formula is C16H25N3O. The summed E-state index contributed by atoms with van der Waals surface area (Å²) in [5.74, 6) is 0.0654. The van der Waals surface area contributed by atoms with Gasteiger partial charge in [0.2, 0.25) is 5.91 Å². The second-order valence-electron chi connectivity index (χ2n) is 5.94. The van der Waals surface area contributed by atoms with Crippen LogP contribution in [0.1, 0.15) is 49.9 Å². The van der Waals surface area contributed by atoms with E-state index in [1.165, 1.54) is 12.8 Å². The van der Waals surface area contributed by atoms with Crippen LogP contribution in [-0.2, 0) is 4.79 Å². The van der Waals surface area contributed by atoms with Crippen LogP contribution in [-0.4, -0.2) is 17.4 Å². The predicted molar refractivity (Wildman–Crippen MR) is 81.5 cm³/mol. The molecule has 1 heterocycles. The predicted octanol–water partition coefficient (Wildman–Crippen LogP) is 2.94. The van der Waals surface area contributed by atoms with Crippen LogP contribution >= 0.6 is 0 Å². The molecule has 0 bridgehead atoms. The van der Waals surface area contributed by atoms with E-state index >= 15 is 0 Å². The van der Waals surface area contributed by atoms with Gasteiger partial charge in [0.15, 0.2) is 0 Å². The van der Waals surface area contributed by atoms with Crippen molar-refractivity contribution in [2.75, 3.05) is 11.9 Å². The lowest BCUT2D eigenvalue weighted by molar-refractivity contribution is -0.125. The van der Waals surface area contributed by atoms with Gasteiger partial charge in [0, 0.05) is 12.2 Å². The molecule has 1 aliphatic rings. The Morgan fingerprint density at radius 2 is 1.90 bits per heavy atom. The Morgan fingerprint density at radius 1 is 1.25 bits per heavy atom. The van der Waals surface area contributed by atoms with Crippen LogP contribution in [0.25, 0.3) is 0 Å².